The molecule has 2 aromatic rings. The van der Waals surface area contributed by atoms with E-state index in [4.69, 9.17) is 0 Å². The SMILES string of the molecule is C1=CC2c3ccccc3CC2C(C2CC=CC3c4ccccc4CC32)C1. The van der Waals surface area contributed by atoms with E-state index < -0.39 is 0 Å². The second kappa shape index (κ2) is 5.71. The van der Waals surface area contributed by atoms with E-state index in [1.165, 1.54) is 25.7 Å². The van der Waals surface area contributed by atoms with Gasteiger partial charge in [-0.2, -0.15) is 0 Å². The van der Waals surface area contributed by atoms with E-state index in [0.29, 0.717) is 11.8 Å². The van der Waals surface area contributed by atoms with Crippen LogP contribution in [0.15, 0.2) is 72.8 Å². The average molecular weight is 338 g/mol. The molecular formula is C26H26. The third kappa shape index (κ3) is 2.08. The number of hydrogen-bond donors (Lipinski definition) is 0. The van der Waals surface area contributed by atoms with E-state index in [-0.39, 0.29) is 0 Å². The minimum absolute atomic E-state index is 0.665. The molecule has 0 amide bonds. The van der Waals surface area contributed by atoms with Gasteiger partial charge in [0.1, 0.15) is 0 Å². The van der Waals surface area contributed by atoms with Crippen LogP contribution in [-0.4, -0.2) is 0 Å². The smallest absolute Gasteiger partial charge is 0.00550 e. The van der Waals surface area contributed by atoms with Crippen molar-refractivity contribution in [2.45, 2.75) is 37.5 Å². The maximum Gasteiger partial charge on any atom is 0.00550 e. The van der Waals surface area contributed by atoms with Gasteiger partial charge in [0, 0.05) is 11.8 Å². The molecule has 6 unspecified atom stereocenters. The van der Waals surface area contributed by atoms with Crippen molar-refractivity contribution in [3.05, 3.63) is 95.1 Å². The predicted octanol–water partition coefficient (Wildman–Crippen LogP) is 6.05. The number of benzene rings is 2. The van der Waals surface area contributed by atoms with Gasteiger partial charge >= 0.3 is 0 Å². The van der Waals surface area contributed by atoms with Gasteiger partial charge in [-0.15, -0.1) is 0 Å². The fourth-order valence-electron chi connectivity index (χ4n) is 6.74. The molecular weight excluding hydrogens is 312 g/mol. The topological polar surface area (TPSA) is 0 Å². The molecule has 26 heavy (non-hydrogen) atoms. The molecule has 0 nitrogen and oxygen atoms in total. The van der Waals surface area contributed by atoms with Crippen molar-refractivity contribution < 1.29 is 0 Å². The van der Waals surface area contributed by atoms with Crippen molar-refractivity contribution in [2.75, 3.05) is 0 Å². The molecule has 0 fully saturated rings. The summed E-state index contributed by atoms with van der Waals surface area (Å²) in [6.07, 6.45) is 15.2. The molecule has 4 aliphatic rings. The summed E-state index contributed by atoms with van der Waals surface area (Å²) >= 11 is 0. The van der Waals surface area contributed by atoms with Gasteiger partial charge < -0.3 is 0 Å². The van der Waals surface area contributed by atoms with Gasteiger partial charge in [0.2, 0.25) is 0 Å². The second-order valence-corrected chi connectivity index (χ2v) is 8.84. The van der Waals surface area contributed by atoms with Crippen LogP contribution in [0.5, 0.6) is 0 Å². The zero-order chi connectivity index (χ0) is 17.1. The molecule has 0 aromatic heterocycles. The van der Waals surface area contributed by atoms with Crippen LogP contribution in [0.3, 0.4) is 0 Å². The number of rotatable bonds is 1. The summed E-state index contributed by atoms with van der Waals surface area (Å²) in [5.41, 5.74) is 6.43. The lowest BCUT2D eigenvalue weighted by atomic mass is 9.62. The van der Waals surface area contributed by atoms with Gasteiger partial charge in [-0.05, 0) is 71.6 Å². The molecule has 2 aromatic carbocycles. The summed E-state index contributed by atoms with van der Waals surface area (Å²) < 4.78 is 0. The van der Waals surface area contributed by atoms with Gasteiger partial charge in [-0.25, -0.2) is 0 Å². The number of allylic oxidation sites excluding steroid dienone is 4. The van der Waals surface area contributed by atoms with Crippen LogP contribution in [-0.2, 0) is 12.8 Å². The highest BCUT2D eigenvalue weighted by Crippen LogP contribution is 2.55. The molecule has 6 rings (SSSR count). The first-order chi connectivity index (χ1) is 12.9. The molecule has 0 saturated carbocycles. The Morgan fingerprint density at radius 1 is 0.538 bits per heavy atom. The summed E-state index contributed by atoms with van der Waals surface area (Å²) in [4.78, 5) is 0. The summed E-state index contributed by atoms with van der Waals surface area (Å²) in [6.45, 7) is 0. The van der Waals surface area contributed by atoms with Crippen LogP contribution < -0.4 is 0 Å². The van der Waals surface area contributed by atoms with E-state index in [1.807, 2.05) is 0 Å². The molecule has 0 aliphatic heterocycles. The first-order valence-electron chi connectivity index (χ1n) is 10.4. The fraction of sp³-hybridized carbons (Fsp3) is 0.385. The Labute approximate surface area is 156 Å². The molecule has 0 heterocycles. The largest absolute Gasteiger partial charge is 0.0876 e. The van der Waals surface area contributed by atoms with Crippen LogP contribution in [0.4, 0.5) is 0 Å². The van der Waals surface area contributed by atoms with Crippen LogP contribution in [0.1, 0.15) is 46.9 Å². The number of hydrogen-bond acceptors (Lipinski definition) is 0. The fourth-order valence-corrected chi connectivity index (χ4v) is 6.74. The molecule has 130 valence electrons. The lowest BCUT2D eigenvalue weighted by Crippen LogP contribution is -2.35. The minimum atomic E-state index is 0.665. The Balaban J connectivity index is 1.35. The second-order valence-electron chi connectivity index (χ2n) is 8.84. The first kappa shape index (κ1) is 15.0. The molecule has 0 saturated heterocycles. The predicted molar refractivity (Wildman–Crippen MR) is 107 cm³/mol. The van der Waals surface area contributed by atoms with Crippen molar-refractivity contribution >= 4 is 0 Å². The normalized spacial score (nSPS) is 36.3. The molecule has 0 N–H and O–H groups in total. The average Bonchev–Trinajstić information content (AvgIpc) is 3.26. The van der Waals surface area contributed by atoms with Crippen molar-refractivity contribution in [2.24, 2.45) is 23.7 Å². The lowest BCUT2D eigenvalue weighted by molar-refractivity contribution is 0.141. The molecule has 0 radical (unpaired) electrons. The highest BCUT2D eigenvalue weighted by molar-refractivity contribution is 5.43. The highest BCUT2D eigenvalue weighted by atomic mass is 14.5. The Hall–Kier alpha value is -2.08. The summed E-state index contributed by atoms with van der Waals surface area (Å²) in [5, 5.41) is 0. The maximum atomic E-state index is 2.52. The highest BCUT2D eigenvalue weighted by Gasteiger charge is 2.46. The zero-order valence-electron chi connectivity index (χ0n) is 15.2. The van der Waals surface area contributed by atoms with Gasteiger partial charge in [0.05, 0.1) is 0 Å². The molecule has 0 spiro atoms. The van der Waals surface area contributed by atoms with Crippen LogP contribution in [0.2, 0.25) is 0 Å². The summed E-state index contributed by atoms with van der Waals surface area (Å²) in [6, 6.07) is 18.4. The van der Waals surface area contributed by atoms with Gasteiger partial charge in [-0.1, -0.05) is 72.8 Å². The minimum Gasteiger partial charge on any atom is -0.0876 e. The Morgan fingerprint density at radius 3 is 1.50 bits per heavy atom. The third-order valence-corrected chi connectivity index (χ3v) is 7.82. The van der Waals surface area contributed by atoms with Gasteiger partial charge in [0.15, 0.2) is 0 Å². The van der Waals surface area contributed by atoms with E-state index in [0.717, 1.165) is 23.7 Å². The Bertz CT molecular complexity index is 826. The standard InChI is InChI=1S/C26H26/c1-3-9-19-17(7-1)15-25-21(19)11-5-13-23(25)24-14-6-12-22-20-10-4-2-8-18(20)16-26(22)24/h1-12,21-26H,13-16H2. The van der Waals surface area contributed by atoms with E-state index in [2.05, 4.69) is 72.8 Å². The van der Waals surface area contributed by atoms with E-state index >= 15 is 0 Å². The monoisotopic (exact) mass is 338 g/mol. The first-order valence-corrected chi connectivity index (χ1v) is 10.4. The van der Waals surface area contributed by atoms with E-state index in [9.17, 15) is 0 Å². The van der Waals surface area contributed by atoms with E-state index in [1.54, 1.807) is 22.3 Å². The number of fused-ring (bicyclic) bond motifs is 6. The van der Waals surface area contributed by atoms with Gasteiger partial charge in [0.25, 0.3) is 0 Å². The third-order valence-electron chi connectivity index (χ3n) is 7.82. The van der Waals surface area contributed by atoms with Crippen molar-refractivity contribution in [3.63, 3.8) is 0 Å². The quantitative estimate of drug-likeness (QED) is 0.555. The Kier molecular flexibility index (Phi) is 3.30. The molecule has 4 aliphatic carbocycles. The van der Waals surface area contributed by atoms with Crippen molar-refractivity contribution in [1.82, 2.24) is 0 Å². The van der Waals surface area contributed by atoms with Crippen LogP contribution in [0.25, 0.3) is 0 Å². The maximum absolute atomic E-state index is 2.52. The summed E-state index contributed by atoms with van der Waals surface area (Å²) in [5.74, 6) is 4.64. The summed E-state index contributed by atoms with van der Waals surface area (Å²) in [7, 11) is 0. The lowest BCUT2D eigenvalue weighted by Gasteiger charge is -2.42. The van der Waals surface area contributed by atoms with Crippen LogP contribution >= 0.6 is 0 Å². The van der Waals surface area contributed by atoms with Gasteiger partial charge in [-0.3, -0.25) is 0 Å². The Morgan fingerprint density at radius 2 is 1.00 bits per heavy atom. The molecule has 0 heteroatoms. The zero-order valence-corrected chi connectivity index (χ0v) is 15.2. The van der Waals surface area contributed by atoms with Crippen molar-refractivity contribution in [1.29, 1.82) is 0 Å². The van der Waals surface area contributed by atoms with Crippen LogP contribution in [0, 0.1) is 23.7 Å². The molecule has 0 bridgehead atoms. The molecule has 6 atom stereocenters. The van der Waals surface area contributed by atoms with Crippen molar-refractivity contribution in [3.8, 4) is 0 Å².